The van der Waals surface area contributed by atoms with Gasteiger partial charge >= 0.3 is 0 Å². The van der Waals surface area contributed by atoms with Gasteiger partial charge in [-0.15, -0.1) is 5.10 Å². The van der Waals surface area contributed by atoms with Gasteiger partial charge in [-0.1, -0.05) is 37.7 Å². The summed E-state index contributed by atoms with van der Waals surface area (Å²) in [5.74, 6) is 3.62. The first-order valence-electron chi connectivity index (χ1n) is 7.10. The molecule has 114 valence electrons. The van der Waals surface area contributed by atoms with Crippen LogP contribution in [0.15, 0.2) is 29.4 Å². The lowest BCUT2D eigenvalue weighted by Crippen LogP contribution is -2.03. The fraction of sp³-hybridized carbons (Fsp3) is 0.467. The summed E-state index contributed by atoms with van der Waals surface area (Å²) in [6.07, 6.45) is 0. The molecule has 1 heterocycles. The Morgan fingerprint density at radius 2 is 1.90 bits per heavy atom. The highest BCUT2D eigenvalue weighted by atomic mass is 32.2. The summed E-state index contributed by atoms with van der Waals surface area (Å²) in [7, 11) is 0. The van der Waals surface area contributed by atoms with Gasteiger partial charge in [0.25, 0.3) is 0 Å². The van der Waals surface area contributed by atoms with Crippen molar-refractivity contribution in [3.8, 4) is 11.5 Å². The zero-order valence-corrected chi connectivity index (χ0v) is 13.4. The van der Waals surface area contributed by atoms with Gasteiger partial charge in [-0.25, -0.2) is 4.98 Å². The minimum Gasteiger partial charge on any atom is -0.490 e. The first-order valence-corrected chi connectivity index (χ1v) is 8.09. The van der Waals surface area contributed by atoms with Crippen LogP contribution in [0, 0.1) is 0 Å². The van der Waals surface area contributed by atoms with Crippen LogP contribution < -0.4 is 9.47 Å². The van der Waals surface area contributed by atoms with Crippen molar-refractivity contribution in [1.29, 1.82) is 0 Å². The highest BCUT2D eigenvalue weighted by molar-refractivity contribution is 7.99. The topological polar surface area (TPSA) is 60.0 Å². The van der Waals surface area contributed by atoms with E-state index in [2.05, 4.69) is 29.0 Å². The Hall–Kier alpha value is -1.69. The normalized spacial score (nSPS) is 10.9. The Labute approximate surface area is 129 Å². The summed E-state index contributed by atoms with van der Waals surface area (Å²) in [6, 6.07) is 7.71. The van der Waals surface area contributed by atoms with Crippen molar-refractivity contribution in [2.75, 3.05) is 19.0 Å². The molecule has 0 radical (unpaired) electrons. The molecule has 0 aliphatic rings. The van der Waals surface area contributed by atoms with Crippen molar-refractivity contribution < 1.29 is 9.47 Å². The van der Waals surface area contributed by atoms with Crippen LogP contribution >= 0.6 is 11.8 Å². The number of H-pyrrole nitrogens is 1. The molecule has 0 atom stereocenters. The summed E-state index contributed by atoms with van der Waals surface area (Å²) in [4.78, 5) is 4.42. The van der Waals surface area contributed by atoms with E-state index in [1.54, 1.807) is 11.8 Å². The highest BCUT2D eigenvalue weighted by Crippen LogP contribution is 2.26. The maximum atomic E-state index is 5.75. The van der Waals surface area contributed by atoms with Gasteiger partial charge in [0.05, 0.1) is 13.2 Å². The number of hydrogen-bond acceptors (Lipinski definition) is 5. The molecule has 0 aliphatic carbocycles. The van der Waals surface area contributed by atoms with Crippen molar-refractivity contribution in [3.63, 3.8) is 0 Å². The average molecular weight is 307 g/mol. The van der Waals surface area contributed by atoms with Crippen molar-refractivity contribution >= 4 is 11.8 Å². The lowest BCUT2D eigenvalue weighted by molar-refractivity contribution is 0.289. The van der Waals surface area contributed by atoms with Gasteiger partial charge in [0.2, 0.25) is 5.16 Å². The largest absolute Gasteiger partial charge is 0.490 e. The van der Waals surface area contributed by atoms with E-state index in [0.717, 1.165) is 28.2 Å². The Bertz CT molecular complexity index is 557. The van der Waals surface area contributed by atoms with Crippen LogP contribution in [0.1, 0.15) is 32.5 Å². The van der Waals surface area contributed by atoms with Crippen LogP contribution in [-0.2, 0) is 0 Å². The number of hydrogen-bond donors (Lipinski definition) is 1. The fourth-order valence-corrected chi connectivity index (χ4v) is 2.33. The molecule has 0 aliphatic heterocycles. The van der Waals surface area contributed by atoms with Crippen LogP contribution in [-0.4, -0.2) is 34.1 Å². The fourth-order valence-electron chi connectivity index (χ4n) is 1.71. The summed E-state index contributed by atoms with van der Waals surface area (Å²) in [6.45, 7) is 7.35. The predicted molar refractivity (Wildman–Crippen MR) is 84.3 cm³/mol. The molecule has 0 saturated heterocycles. The van der Waals surface area contributed by atoms with Gasteiger partial charge in [0, 0.05) is 11.7 Å². The van der Waals surface area contributed by atoms with Crippen molar-refractivity contribution in [2.24, 2.45) is 0 Å². The zero-order valence-electron chi connectivity index (χ0n) is 12.6. The number of rotatable bonds is 8. The summed E-state index contributed by atoms with van der Waals surface area (Å²) >= 11 is 1.58. The van der Waals surface area contributed by atoms with E-state index in [-0.39, 0.29) is 0 Å². The molecule has 21 heavy (non-hydrogen) atoms. The van der Waals surface area contributed by atoms with Crippen molar-refractivity contribution in [2.45, 2.75) is 31.8 Å². The molecule has 0 bridgehead atoms. The Morgan fingerprint density at radius 3 is 2.52 bits per heavy atom. The van der Waals surface area contributed by atoms with E-state index in [0.29, 0.717) is 19.1 Å². The summed E-state index contributed by atoms with van der Waals surface area (Å²) < 4.78 is 11.3. The van der Waals surface area contributed by atoms with Gasteiger partial charge < -0.3 is 9.47 Å². The minimum atomic E-state index is 0.362. The predicted octanol–water partition coefficient (Wildman–Crippen LogP) is 3.50. The van der Waals surface area contributed by atoms with Gasteiger partial charge in [0.1, 0.15) is 5.82 Å². The zero-order chi connectivity index (χ0) is 15.1. The molecular formula is C15H21N3O2S. The maximum Gasteiger partial charge on any atom is 0.208 e. The molecule has 6 heteroatoms. The molecule has 0 spiro atoms. The second-order valence-corrected chi connectivity index (χ2v) is 5.80. The molecule has 0 fully saturated rings. The Morgan fingerprint density at radius 1 is 1.19 bits per heavy atom. The molecule has 1 aromatic carbocycles. The number of nitrogens with one attached hydrogen (secondary N) is 1. The minimum absolute atomic E-state index is 0.362. The van der Waals surface area contributed by atoms with E-state index in [4.69, 9.17) is 9.47 Å². The molecule has 5 nitrogen and oxygen atoms in total. The maximum absolute atomic E-state index is 5.75. The number of aromatic nitrogens is 3. The van der Waals surface area contributed by atoms with Crippen LogP contribution in [0.2, 0.25) is 0 Å². The summed E-state index contributed by atoms with van der Waals surface area (Å²) in [5.41, 5.74) is 0. The Kier molecular flexibility index (Phi) is 5.92. The van der Waals surface area contributed by atoms with E-state index < -0.39 is 0 Å². The van der Waals surface area contributed by atoms with Crippen molar-refractivity contribution in [3.05, 3.63) is 30.1 Å². The van der Waals surface area contributed by atoms with E-state index in [1.807, 2.05) is 31.2 Å². The Balaban J connectivity index is 1.79. The standard InChI is InChI=1S/C15H21N3O2S/c1-4-19-12-7-5-6-8-13(12)20-9-10-21-15-16-14(11(2)3)17-18-15/h5-8,11H,4,9-10H2,1-3H3,(H,16,17,18). The monoisotopic (exact) mass is 307 g/mol. The lowest BCUT2D eigenvalue weighted by Gasteiger charge is -2.10. The molecule has 0 saturated carbocycles. The number of para-hydroxylation sites is 2. The van der Waals surface area contributed by atoms with Crippen LogP contribution in [0.5, 0.6) is 11.5 Å². The number of nitrogens with zero attached hydrogens (tertiary/aromatic N) is 2. The van der Waals surface area contributed by atoms with Crippen LogP contribution in [0.25, 0.3) is 0 Å². The highest BCUT2D eigenvalue weighted by Gasteiger charge is 2.07. The van der Waals surface area contributed by atoms with E-state index >= 15 is 0 Å². The van der Waals surface area contributed by atoms with Gasteiger partial charge in [-0.05, 0) is 19.1 Å². The number of aromatic amines is 1. The van der Waals surface area contributed by atoms with Gasteiger partial charge in [0.15, 0.2) is 11.5 Å². The van der Waals surface area contributed by atoms with Gasteiger partial charge in [-0.3, -0.25) is 5.10 Å². The number of thioether (sulfide) groups is 1. The second-order valence-electron chi connectivity index (χ2n) is 4.73. The van der Waals surface area contributed by atoms with Gasteiger partial charge in [-0.2, -0.15) is 0 Å². The van der Waals surface area contributed by atoms with Crippen LogP contribution in [0.3, 0.4) is 0 Å². The molecule has 1 N–H and O–H groups in total. The molecular weight excluding hydrogens is 286 g/mol. The SMILES string of the molecule is CCOc1ccccc1OCCSc1n[nH]c(C(C)C)n1. The van der Waals surface area contributed by atoms with Crippen LogP contribution in [0.4, 0.5) is 0 Å². The number of benzene rings is 1. The third-order valence-corrected chi connectivity index (χ3v) is 3.56. The quantitative estimate of drug-likeness (QED) is 0.597. The third kappa shape index (κ3) is 4.67. The molecule has 0 amide bonds. The smallest absolute Gasteiger partial charge is 0.208 e. The first-order chi connectivity index (χ1) is 10.2. The van der Waals surface area contributed by atoms with Crippen molar-refractivity contribution in [1.82, 2.24) is 15.2 Å². The third-order valence-electron chi connectivity index (χ3n) is 2.75. The molecule has 2 rings (SSSR count). The molecule has 2 aromatic rings. The summed E-state index contributed by atoms with van der Waals surface area (Å²) in [5, 5.41) is 7.89. The molecule has 0 unspecified atom stereocenters. The molecule has 1 aromatic heterocycles. The second kappa shape index (κ2) is 7.93. The number of ether oxygens (including phenoxy) is 2. The average Bonchev–Trinajstić information content (AvgIpc) is 2.94. The van der Waals surface area contributed by atoms with E-state index in [9.17, 15) is 0 Å². The first kappa shape index (κ1) is 15.7. The lowest BCUT2D eigenvalue weighted by atomic mass is 10.2. The van der Waals surface area contributed by atoms with E-state index in [1.165, 1.54) is 0 Å².